The van der Waals surface area contributed by atoms with E-state index in [9.17, 15) is 10.2 Å². The number of aliphatic imine (C=N–C) groups is 2. The van der Waals surface area contributed by atoms with Gasteiger partial charge in [0.15, 0.2) is 0 Å². The Morgan fingerprint density at radius 2 is 0.800 bits per heavy atom. The lowest BCUT2D eigenvalue weighted by molar-refractivity contribution is 0.303. The Kier molecular flexibility index (Phi) is 30.0. The molecule has 2 N–H and O–H groups in total. The van der Waals surface area contributed by atoms with Gasteiger partial charge in [-0.3, -0.25) is 9.98 Å². The first-order chi connectivity index (χ1) is 27.0. The molecule has 0 aromatic heterocycles. The number of phenols is 2. The Bertz CT molecular complexity index is 1250. The van der Waals surface area contributed by atoms with E-state index in [4.69, 9.17) is 9.47 Å². The zero-order valence-corrected chi connectivity index (χ0v) is 35.7. The highest BCUT2D eigenvalue weighted by Gasteiger charge is 2.06. The van der Waals surface area contributed by atoms with Gasteiger partial charge in [-0.15, -0.1) is 0 Å². The molecular weight excluding hydrogens is 681 g/mol. The summed E-state index contributed by atoms with van der Waals surface area (Å²) in [6.45, 7) is 8.37. The van der Waals surface area contributed by atoms with Crippen molar-refractivity contribution in [3.05, 3.63) is 47.5 Å². The van der Waals surface area contributed by atoms with Crippen molar-refractivity contribution in [2.24, 2.45) is 9.98 Å². The van der Waals surface area contributed by atoms with E-state index in [-0.39, 0.29) is 17.5 Å². The van der Waals surface area contributed by atoms with E-state index in [2.05, 4.69) is 23.8 Å². The topological polar surface area (TPSA) is 83.6 Å². The van der Waals surface area contributed by atoms with Crippen LogP contribution in [-0.4, -0.2) is 48.4 Å². The van der Waals surface area contributed by atoms with Gasteiger partial charge in [0, 0.05) is 23.6 Å². The summed E-state index contributed by atoms with van der Waals surface area (Å²) >= 11 is 0. The molecule has 312 valence electrons. The van der Waals surface area contributed by atoms with Crippen LogP contribution in [0.1, 0.15) is 212 Å². The van der Waals surface area contributed by atoms with Crippen LogP contribution >= 0.6 is 0 Å². The van der Waals surface area contributed by atoms with Crippen LogP contribution in [0.3, 0.4) is 0 Å². The van der Waals surface area contributed by atoms with Crippen molar-refractivity contribution in [1.82, 2.24) is 0 Å². The first-order valence-corrected chi connectivity index (χ1v) is 23.0. The van der Waals surface area contributed by atoms with Gasteiger partial charge in [-0.2, -0.15) is 0 Å². The summed E-state index contributed by atoms with van der Waals surface area (Å²) in [4.78, 5) is 9.14. The van der Waals surface area contributed by atoms with E-state index in [0.717, 1.165) is 24.3 Å². The molecule has 0 spiro atoms. The van der Waals surface area contributed by atoms with Crippen LogP contribution in [0.4, 0.5) is 0 Å². The number of unbranched alkanes of at least 4 members (excludes halogenated alkanes) is 26. The minimum atomic E-state index is -0.0994. The van der Waals surface area contributed by atoms with Gasteiger partial charge in [-0.1, -0.05) is 181 Å². The number of nitrogens with zero attached hydrogens (tertiary/aromatic N) is 2. The Balaban J connectivity index is 1.56. The molecule has 55 heavy (non-hydrogen) atoms. The molecular formula is C49H82N2O4. The van der Waals surface area contributed by atoms with Gasteiger partial charge in [0.05, 0.1) is 25.8 Å². The summed E-state index contributed by atoms with van der Waals surface area (Å²) in [5.74, 6) is 1.86. The van der Waals surface area contributed by atoms with Crippen molar-refractivity contribution in [2.45, 2.75) is 207 Å². The number of rotatable bonds is 37. The maximum absolute atomic E-state index is 10.4. The summed E-state index contributed by atoms with van der Waals surface area (Å²) in [7, 11) is 0. The molecule has 2 aromatic carbocycles. The van der Waals surface area contributed by atoms with E-state index >= 15 is 0 Å². The molecule has 0 aliphatic carbocycles. The SMILES string of the molecule is CCCCCCCCCCCCCCCCOc1ccc(O)c(C=NCC(C)N=Cc2cc(OCCCCCCCCCCCCCCCC)ccc2O)c1. The Morgan fingerprint density at radius 1 is 0.473 bits per heavy atom. The fourth-order valence-electron chi connectivity index (χ4n) is 6.98. The Hall–Kier alpha value is -3.02. The van der Waals surface area contributed by atoms with Crippen molar-refractivity contribution >= 4 is 12.4 Å². The molecule has 6 heteroatoms. The van der Waals surface area contributed by atoms with Gasteiger partial charge in [0.25, 0.3) is 0 Å². The number of phenolic OH excluding ortho intramolecular Hbond substituents is 2. The minimum Gasteiger partial charge on any atom is -0.507 e. The zero-order chi connectivity index (χ0) is 39.4. The molecule has 6 nitrogen and oxygen atoms in total. The van der Waals surface area contributed by atoms with Crippen molar-refractivity contribution in [2.75, 3.05) is 19.8 Å². The molecule has 0 aliphatic heterocycles. The summed E-state index contributed by atoms with van der Waals surface area (Å²) in [6, 6.07) is 10.6. The zero-order valence-electron chi connectivity index (χ0n) is 35.7. The Morgan fingerprint density at radius 3 is 1.16 bits per heavy atom. The maximum atomic E-state index is 10.4. The van der Waals surface area contributed by atoms with Gasteiger partial charge in [-0.05, 0) is 56.2 Å². The van der Waals surface area contributed by atoms with Gasteiger partial charge in [0.2, 0.25) is 0 Å². The van der Waals surface area contributed by atoms with Crippen LogP contribution in [0.15, 0.2) is 46.4 Å². The van der Waals surface area contributed by atoms with Gasteiger partial charge in [-0.25, -0.2) is 0 Å². The summed E-state index contributed by atoms with van der Waals surface area (Å²) < 4.78 is 12.0. The molecule has 0 aliphatic rings. The van der Waals surface area contributed by atoms with E-state index in [1.54, 1.807) is 24.6 Å². The van der Waals surface area contributed by atoms with E-state index in [1.807, 2.05) is 31.2 Å². The van der Waals surface area contributed by atoms with Gasteiger partial charge in [0.1, 0.15) is 23.0 Å². The highest BCUT2D eigenvalue weighted by Crippen LogP contribution is 2.24. The molecule has 0 fully saturated rings. The standard InChI is InChI=1S/C49H82N2O4/c1-4-6-8-10-12-14-16-18-20-22-24-26-28-30-36-54-46-32-34-48(52)44(38-46)41-50-40-43(3)51-42-45-39-47(33-35-49(45)53)55-37-31-29-27-25-23-21-19-17-15-13-11-9-7-5-2/h32-35,38-39,41-43,52-53H,4-31,36-37,40H2,1-3H3. The quantitative estimate of drug-likeness (QED) is 0.0530. The number of ether oxygens (including phenoxy) is 2. The molecule has 0 amide bonds. The highest BCUT2D eigenvalue weighted by molar-refractivity contribution is 5.85. The van der Waals surface area contributed by atoms with E-state index in [1.165, 1.54) is 167 Å². The molecule has 0 saturated carbocycles. The summed E-state index contributed by atoms with van der Waals surface area (Å²) in [5, 5.41) is 20.8. The third kappa shape index (κ3) is 26.5. The molecule has 2 aromatic rings. The number of aromatic hydroxyl groups is 2. The molecule has 1 unspecified atom stereocenters. The third-order valence-corrected chi connectivity index (χ3v) is 10.6. The van der Waals surface area contributed by atoms with E-state index in [0.29, 0.717) is 30.9 Å². The second-order valence-corrected chi connectivity index (χ2v) is 16.0. The van der Waals surface area contributed by atoms with Crippen molar-refractivity contribution < 1.29 is 19.7 Å². The van der Waals surface area contributed by atoms with Crippen LogP contribution in [0.5, 0.6) is 23.0 Å². The predicted molar refractivity (Wildman–Crippen MR) is 237 cm³/mol. The van der Waals surface area contributed by atoms with Crippen LogP contribution in [0.2, 0.25) is 0 Å². The lowest BCUT2D eigenvalue weighted by Crippen LogP contribution is -2.04. The van der Waals surface area contributed by atoms with Gasteiger partial charge < -0.3 is 19.7 Å². The average Bonchev–Trinajstić information content (AvgIpc) is 3.19. The maximum Gasteiger partial charge on any atom is 0.124 e. The molecule has 0 bridgehead atoms. The fourth-order valence-corrected chi connectivity index (χ4v) is 6.98. The van der Waals surface area contributed by atoms with Crippen molar-refractivity contribution in [1.29, 1.82) is 0 Å². The number of hydrogen-bond donors (Lipinski definition) is 2. The molecule has 0 radical (unpaired) electrons. The van der Waals surface area contributed by atoms with Crippen LogP contribution in [0.25, 0.3) is 0 Å². The van der Waals surface area contributed by atoms with Crippen LogP contribution < -0.4 is 9.47 Å². The lowest BCUT2D eigenvalue weighted by atomic mass is 10.0. The average molecular weight is 763 g/mol. The largest absolute Gasteiger partial charge is 0.507 e. The summed E-state index contributed by atoms with van der Waals surface area (Å²) in [5.41, 5.74) is 1.27. The first-order valence-electron chi connectivity index (χ1n) is 23.0. The lowest BCUT2D eigenvalue weighted by Gasteiger charge is -2.09. The third-order valence-electron chi connectivity index (χ3n) is 10.6. The normalized spacial score (nSPS) is 12.3. The highest BCUT2D eigenvalue weighted by atomic mass is 16.5. The Labute approximate surface area is 338 Å². The van der Waals surface area contributed by atoms with E-state index < -0.39 is 0 Å². The molecule has 2 rings (SSSR count). The van der Waals surface area contributed by atoms with Crippen LogP contribution in [0, 0.1) is 0 Å². The number of hydrogen-bond acceptors (Lipinski definition) is 6. The van der Waals surface area contributed by atoms with Crippen molar-refractivity contribution in [3.8, 4) is 23.0 Å². The molecule has 0 saturated heterocycles. The molecule has 1 atom stereocenters. The van der Waals surface area contributed by atoms with Gasteiger partial charge >= 0.3 is 0 Å². The first kappa shape index (κ1) is 48.1. The van der Waals surface area contributed by atoms with Crippen molar-refractivity contribution in [3.63, 3.8) is 0 Å². The second kappa shape index (κ2) is 34.2. The predicted octanol–water partition coefficient (Wildman–Crippen LogP) is 14.7. The monoisotopic (exact) mass is 763 g/mol. The second-order valence-electron chi connectivity index (χ2n) is 16.0. The minimum absolute atomic E-state index is 0.0994. The summed E-state index contributed by atoms with van der Waals surface area (Å²) in [6.07, 6.45) is 40.9. The smallest absolute Gasteiger partial charge is 0.124 e. The van der Waals surface area contributed by atoms with Crippen LogP contribution in [-0.2, 0) is 0 Å². The molecule has 0 heterocycles. The number of benzene rings is 2. The fraction of sp³-hybridized carbons (Fsp3) is 0.714.